The van der Waals surface area contributed by atoms with Gasteiger partial charge in [0.2, 0.25) is 10.0 Å². The molecule has 0 radical (unpaired) electrons. The predicted octanol–water partition coefficient (Wildman–Crippen LogP) is 3.51. The van der Waals surface area contributed by atoms with Crippen LogP contribution in [-0.2, 0) is 39.7 Å². The zero-order valence-corrected chi connectivity index (χ0v) is 23.8. The average Bonchev–Trinajstić information content (AvgIpc) is 3.57. The number of para-hydroxylation sites is 1. The fraction of sp³-hybridized carbons (Fsp3) is 0.185. The van der Waals surface area contributed by atoms with Crippen molar-refractivity contribution < 1.29 is 30.8 Å². The Morgan fingerprint density at radius 1 is 0.927 bits per heavy atom. The molecule has 0 saturated carbocycles. The molecule has 0 spiro atoms. The van der Waals surface area contributed by atoms with Gasteiger partial charge in [-0.2, -0.15) is 5.10 Å². The molecule has 12 nitrogen and oxygen atoms in total. The van der Waals surface area contributed by atoms with Crippen LogP contribution in [0.2, 0.25) is 0 Å². The number of hydrogen-bond donors (Lipinski definition) is 2. The second-order valence-electron chi connectivity index (χ2n) is 9.17. The first kappa shape index (κ1) is 28.1. The summed E-state index contributed by atoms with van der Waals surface area (Å²) in [7, 11) is -5.99. The van der Waals surface area contributed by atoms with E-state index in [4.69, 9.17) is 14.0 Å². The van der Waals surface area contributed by atoms with Gasteiger partial charge in [0.15, 0.2) is 11.4 Å². The summed E-state index contributed by atoms with van der Waals surface area (Å²) in [6, 6.07) is 19.2. The summed E-state index contributed by atoms with van der Waals surface area (Å²) in [4.78, 5) is -0.0532. The van der Waals surface area contributed by atoms with Crippen LogP contribution >= 0.6 is 0 Å². The lowest BCUT2D eigenvalue weighted by atomic mass is 10.1. The minimum Gasteiger partial charge on any atom is -0.496 e. The molecule has 0 bridgehead atoms. The van der Waals surface area contributed by atoms with Gasteiger partial charge in [0, 0.05) is 18.3 Å². The van der Waals surface area contributed by atoms with Crippen LogP contribution in [-0.4, -0.2) is 45.1 Å². The zero-order valence-electron chi connectivity index (χ0n) is 22.1. The number of sulfonamides is 2. The monoisotopic (exact) mass is 597 g/mol. The number of methoxy groups -OCH3 is 1. The number of benzene rings is 3. The Hall–Kier alpha value is -4.40. The standard InChI is InChI=1S/C27H27N5O7S2/c1-37-23-12-20(16-32-17-21(14-28-32)15-29-40(2,33)34)13-24-26(23)27(30-39-24)31-41(35,36)25-11-7-6-10-22(25)38-18-19-8-4-3-5-9-19/h3-14,17,29H,15-16,18H2,1-2H3,(H,30,31). The Morgan fingerprint density at radius 2 is 1.68 bits per heavy atom. The summed E-state index contributed by atoms with van der Waals surface area (Å²) in [5.41, 5.74) is 2.63. The molecule has 14 heteroatoms. The predicted molar refractivity (Wildman–Crippen MR) is 152 cm³/mol. The number of anilines is 1. The number of nitrogens with zero attached hydrogens (tertiary/aromatic N) is 3. The largest absolute Gasteiger partial charge is 0.496 e. The number of ether oxygens (including phenoxy) is 2. The molecular formula is C27H27N5O7S2. The fourth-order valence-corrected chi connectivity index (χ4v) is 5.69. The van der Waals surface area contributed by atoms with E-state index in [9.17, 15) is 16.8 Å². The molecule has 0 fully saturated rings. The van der Waals surface area contributed by atoms with Crippen molar-refractivity contribution in [2.24, 2.45) is 0 Å². The van der Waals surface area contributed by atoms with Gasteiger partial charge in [0.1, 0.15) is 28.4 Å². The summed E-state index contributed by atoms with van der Waals surface area (Å²) in [5, 5.41) is 8.58. The molecule has 0 aliphatic heterocycles. The lowest BCUT2D eigenvalue weighted by Gasteiger charge is -2.13. The number of nitrogens with one attached hydrogen (secondary N) is 2. The van der Waals surface area contributed by atoms with E-state index in [1.54, 1.807) is 47.4 Å². The molecule has 214 valence electrons. The van der Waals surface area contributed by atoms with E-state index in [0.717, 1.165) is 17.4 Å². The Morgan fingerprint density at radius 3 is 2.44 bits per heavy atom. The maximum absolute atomic E-state index is 13.4. The van der Waals surface area contributed by atoms with Gasteiger partial charge in [-0.05, 0) is 35.4 Å². The van der Waals surface area contributed by atoms with Crippen molar-refractivity contribution in [1.29, 1.82) is 0 Å². The van der Waals surface area contributed by atoms with E-state index in [0.29, 0.717) is 28.8 Å². The molecule has 3 aromatic carbocycles. The highest BCUT2D eigenvalue weighted by Crippen LogP contribution is 2.36. The number of hydrogen-bond acceptors (Lipinski definition) is 9. The second kappa shape index (κ2) is 11.6. The molecule has 2 aromatic heterocycles. The molecule has 0 amide bonds. The second-order valence-corrected chi connectivity index (χ2v) is 12.7. The fourth-order valence-electron chi connectivity index (χ4n) is 4.11. The van der Waals surface area contributed by atoms with Crippen LogP contribution < -0.4 is 18.9 Å². The van der Waals surface area contributed by atoms with Gasteiger partial charge in [-0.1, -0.05) is 47.6 Å². The summed E-state index contributed by atoms with van der Waals surface area (Å²) in [5.74, 6) is 0.502. The van der Waals surface area contributed by atoms with Gasteiger partial charge in [0.25, 0.3) is 10.0 Å². The third-order valence-electron chi connectivity index (χ3n) is 5.99. The highest BCUT2D eigenvalue weighted by Gasteiger charge is 2.24. The van der Waals surface area contributed by atoms with Gasteiger partial charge in [-0.3, -0.25) is 9.40 Å². The summed E-state index contributed by atoms with van der Waals surface area (Å²) >= 11 is 0. The highest BCUT2D eigenvalue weighted by molar-refractivity contribution is 7.92. The van der Waals surface area contributed by atoms with E-state index in [1.807, 2.05) is 30.3 Å². The molecule has 0 unspecified atom stereocenters. The first-order valence-electron chi connectivity index (χ1n) is 12.3. The van der Waals surface area contributed by atoms with E-state index < -0.39 is 20.0 Å². The van der Waals surface area contributed by atoms with Crippen LogP contribution in [0, 0.1) is 0 Å². The van der Waals surface area contributed by atoms with E-state index >= 15 is 0 Å². The van der Waals surface area contributed by atoms with Crippen molar-refractivity contribution in [2.45, 2.75) is 24.6 Å². The molecule has 5 aromatic rings. The summed E-state index contributed by atoms with van der Waals surface area (Å²) in [6.45, 7) is 0.634. The zero-order chi connectivity index (χ0) is 29.0. The Bertz CT molecular complexity index is 1890. The smallest absolute Gasteiger partial charge is 0.266 e. The lowest BCUT2D eigenvalue weighted by Crippen LogP contribution is -2.20. The van der Waals surface area contributed by atoms with Crippen molar-refractivity contribution in [1.82, 2.24) is 19.7 Å². The van der Waals surface area contributed by atoms with E-state index in [1.165, 1.54) is 13.2 Å². The van der Waals surface area contributed by atoms with Crippen LogP contribution in [0.15, 0.2) is 88.5 Å². The first-order valence-corrected chi connectivity index (χ1v) is 15.7. The average molecular weight is 598 g/mol. The number of fused-ring (bicyclic) bond motifs is 1. The summed E-state index contributed by atoms with van der Waals surface area (Å²) in [6.07, 6.45) is 4.37. The van der Waals surface area contributed by atoms with Gasteiger partial charge in [-0.25, -0.2) is 21.6 Å². The quantitative estimate of drug-likeness (QED) is 0.220. The van der Waals surface area contributed by atoms with Crippen LogP contribution in [0.25, 0.3) is 11.0 Å². The molecule has 41 heavy (non-hydrogen) atoms. The molecule has 0 atom stereocenters. The van der Waals surface area contributed by atoms with Crippen molar-refractivity contribution in [3.8, 4) is 11.5 Å². The molecule has 0 aliphatic carbocycles. The SMILES string of the molecule is COc1cc(Cn2cc(CNS(C)(=O)=O)cn2)cc2onc(NS(=O)(=O)c3ccccc3OCc3ccccc3)c12. The maximum atomic E-state index is 13.4. The molecule has 5 rings (SSSR count). The highest BCUT2D eigenvalue weighted by atomic mass is 32.2. The van der Waals surface area contributed by atoms with E-state index in [2.05, 4.69) is 19.7 Å². The number of rotatable bonds is 12. The van der Waals surface area contributed by atoms with Gasteiger partial charge in [-0.15, -0.1) is 0 Å². The van der Waals surface area contributed by atoms with Crippen molar-refractivity contribution in [3.05, 3.63) is 95.8 Å². The van der Waals surface area contributed by atoms with Crippen LogP contribution in [0.5, 0.6) is 11.5 Å². The third kappa shape index (κ3) is 6.85. The van der Waals surface area contributed by atoms with Crippen molar-refractivity contribution in [3.63, 3.8) is 0 Å². The molecule has 0 aliphatic rings. The molecule has 2 heterocycles. The van der Waals surface area contributed by atoms with E-state index in [-0.39, 0.29) is 29.6 Å². The molecule has 0 saturated heterocycles. The van der Waals surface area contributed by atoms with Crippen LogP contribution in [0.1, 0.15) is 16.7 Å². The first-order chi connectivity index (χ1) is 19.6. The van der Waals surface area contributed by atoms with Gasteiger partial charge < -0.3 is 14.0 Å². The summed E-state index contributed by atoms with van der Waals surface area (Å²) < 4.78 is 73.0. The van der Waals surface area contributed by atoms with Gasteiger partial charge >= 0.3 is 0 Å². The van der Waals surface area contributed by atoms with Crippen LogP contribution in [0.4, 0.5) is 5.82 Å². The lowest BCUT2D eigenvalue weighted by molar-refractivity contribution is 0.298. The minimum absolute atomic E-state index is 0.0329. The Kier molecular flexibility index (Phi) is 7.97. The minimum atomic E-state index is -4.12. The van der Waals surface area contributed by atoms with Gasteiger partial charge in [0.05, 0.1) is 26.1 Å². The Labute approximate surface area is 237 Å². The normalized spacial score (nSPS) is 12.0. The maximum Gasteiger partial charge on any atom is 0.266 e. The topological polar surface area (TPSA) is 155 Å². The Balaban J connectivity index is 1.37. The van der Waals surface area contributed by atoms with Crippen LogP contribution in [0.3, 0.4) is 0 Å². The van der Waals surface area contributed by atoms with Crippen molar-refractivity contribution >= 4 is 36.8 Å². The molecular weight excluding hydrogens is 570 g/mol. The third-order valence-corrected chi connectivity index (χ3v) is 8.04. The van der Waals surface area contributed by atoms with Crippen molar-refractivity contribution in [2.75, 3.05) is 18.1 Å². The molecule has 2 N–H and O–H groups in total. The number of aromatic nitrogens is 3.